The summed E-state index contributed by atoms with van der Waals surface area (Å²) in [7, 11) is 0. The Balaban J connectivity index is 2.08. The smallest absolute Gasteiger partial charge is 0.309 e. The van der Waals surface area contributed by atoms with E-state index >= 15 is 0 Å². The number of carbonyl (C=O) groups excluding carboxylic acids is 2. The van der Waals surface area contributed by atoms with Crippen molar-refractivity contribution in [2.24, 2.45) is 23.7 Å². The zero-order valence-corrected chi connectivity index (χ0v) is 23.6. The van der Waals surface area contributed by atoms with Crippen LogP contribution in [-0.2, 0) is 23.8 Å². The SMILES string of the molecule is CCC(O)C(C)C1OC1CC(C)C=CC=C(C)C1OC(=O)CC(O)CCC(C)C(OC(C)=O)C=CC1C. The minimum Gasteiger partial charge on any atom is -0.458 e. The van der Waals surface area contributed by atoms with Crippen LogP contribution >= 0.6 is 0 Å². The summed E-state index contributed by atoms with van der Waals surface area (Å²) in [5, 5.41) is 20.4. The van der Waals surface area contributed by atoms with Crippen LogP contribution in [0.2, 0.25) is 0 Å². The van der Waals surface area contributed by atoms with E-state index in [1.807, 2.05) is 58.9 Å². The molecule has 0 aromatic rings. The number of allylic oxidation sites excluding steroid dienone is 3. The van der Waals surface area contributed by atoms with Crippen molar-refractivity contribution in [3.05, 3.63) is 36.0 Å². The molecule has 0 aliphatic carbocycles. The molecule has 1 saturated heterocycles. The number of ether oxygens (including phenoxy) is 3. The van der Waals surface area contributed by atoms with Crippen molar-refractivity contribution >= 4 is 11.9 Å². The van der Waals surface area contributed by atoms with Crippen LogP contribution in [0, 0.1) is 23.7 Å². The Hall–Kier alpha value is -1.96. The van der Waals surface area contributed by atoms with E-state index < -0.39 is 24.3 Å². The maximum Gasteiger partial charge on any atom is 0.309 e. The molecule has 1 fully saturated rings. The molecule has 2 rings (SSSR count). The highest BCUT2D eigenvalue weighted by Crippen LogP contribution is 2.36. The van der Waals surface area contributed by atoms with Gasteiger partial charge in [0.25, 0.3) is 0 Å². The third-order valence-electron chi connectivity index (χ3n) is 7.58. The highest BCUT2D eigenvalue weighted by molar-refractivity contribution is 5.70. The molecule has 0 bridgehead atoms. The number of aliphatic hydroxyl groups is 2. The molecule has 7 heteroatoms. The van der Waals surface area contributed by atoms with E-state index in [0.29, 0.717) is 18.8 Å². The third kappa shape index (κ3) is 10.4. The summed E-state index contributed by atoms with van der Waals surface area (Å²) in [6, 6.07) is 0. The lowest BCUT2D eigenvalue weighted by atomic mass is 9.92. The molecule has 210 valence electrons. The minimum atomic E-state index is -0.799. The van der Waals surface area contributed by atoms with Crippen LogP contribution in [0.3, 0.4) is 0 Å². The molecule has 2 heterocycles. The topological polar surface area (TPSA) is 106 Å². The first-order valence-corrected chi connectivity index (χ1v) is 13.8. The molecule has 10 atom stereocenters. The zero-order valence-electron chi connectivity index (χ0n) is 23.6. The van der Waals surface area contributed by atoms with E-state index in [0.717, 1.165) is 18.4 Å². The maximum atomic E-state index is 12.6. The maximum absolute atomic E-state index is 12.6. The van der Waals surface area contributed by atoms with Gasteiger partial charge < -0.3 is 24.4 Å². The van der Waals surface area contributed by atoms with Gasteiger partial charge in [-0.1, -0.05) is 58.9 Å². The van der Waals surface area contributed by atoms with E-state index in [9.17, 15) is 19.8 Å². The van der Waals surface area contributed by atoms with Crippen LogP contribution in [0.4, 0.5) is 0 Å². The Morgan fingerprint density at radius 1 is 1.22 bits per heavy atom. The van der Waals surface area contributed by atoms with E-state index in [1.165, 1.54) is 6.92 Å². The largest absolute Gasteiger partial charge is 0.458 e. The normalized spacial score (nSPS) is 34.1. The van der Waals surface area contributed by atoms with E-state index in [4.69, 9.17) is 14.2 Å². The first-order chi connectivity index (χ1) is 17.4. The van der Waals surface area contributed by atoms with Gasteiger partial charge in [0.2, 0.25) is 0 Å². The van der Waals surface area contributed by atoms with Gasteiger partial charge in [0, 0.05) is 18.8 Å². The van der Waals surface area contributed by atoms with Crippen LogP contribution in [-0.4, -0.2) is 58.8 Å². The predicted octanol–water partition coefficient (Wildman–Crippen LogP) is 4.91. The van der Waals surface area contributed by atoms with Gasteiger partial charge in [-0.05, 0) is 56.1 Å². The number of carbonyl (C=O) groups is 2. The van der Waals surface area contributed by atoms with Gasteiger partial charge in [-0.25, -0.2) is 0 Å². The minimum absolute atomic E-state index is 0.0141. The van der Waals surface area contributed by atoms with Crippen LogP contribution < -0.4 is 0 Å². The second-order valence-corrected chi connectivity index (χ2v) is 11.1. The van der Waals surface area contributed by atoms with Gasteiger partial charge in [-0.2, -0.15) is 0 Å². The Morgan fingerprint density at radius 3 is 2.57 bits per heavy atom. The second-order valence-electron chi connectivity index (χ2n) is 11.1. The number of epoxide rings is 1. The van der Waals surface area contributed by atoms with Gasteiger partial charge in [-0.3, -0.25) is 9.59 Å². The highest BCUT2D eigenvalue weighted by Gasteiger charge is 2.44. The first kappa shape index (κ1) is 31.3. The molecule has 7 nitrogen and oxygen atoms in total. The molecule has 2 aliphatic rings. The standard InChI is InChI=1S/C30H48O7/c1-8-25(33)22(6)30-27(36-30)16-18(2)10-9-11-20(4)29-21(5)13-15-26(35-23(7)31)19(3)12-14-24(32)17-28(34)37-29/h9-11,13,15,18-19,21-22,24-27,29-30,32-33H,8,12,14,16-17H2,1-7H3. The predicted molar refractivity (Wildman–Crippen MR) is 144 cm³/mol. The quantitative estimate of drug-likeness (QED) is 0.193. The van der Waals surface area contributed by atoms with Crippen molar-refractivity contribution in [1.29, 1.82) is 0 Å². The Labute approximate surface area is 222 Å². The Morgan fingerprint density at radius 2 is 1.92 bits per heavy atom. The van der Waals surface area contributed by atoms with Gasteiger partial charge in [0.05, 0.1) is 30.8 Å². The molecule has 2 aliphatic heterocycles. The van der Waals surface area contributed by atoms with Gasteiger partial charge in [-0.15, -0.1) is 0 Å². The number of aliphatic hydroxyl groups excluding tert-OH is 2. The summed E-state index contributed by atoms with van der Waals surface area (Å²) in [4.78, 5) is 24.2. The molecular formula is C30H48O7. The van der Waals surface area contributed by atoms with E-state index in [2.05, 4.69) is 13.0 Å². The van der Waals surface area contributed by atoms with Gasteiger partial charge >= 0.3 is 11.9 Å². The fraction of sp³-hybridized carbons (Fsp3) is 0.733. The van der Waals surface area contributed by atoms with Crippen molar-refractivity contribution in [3.63, 3.8) is 0 Å². The number of hydrogen-bond acceptors (Lipinski definition) is 7. The third-order valence-corrected chi connectivity index (χ3v) is 7.58. The highest BCUT2D eigenvalue weighted by atomic mass is 16.6. The van der Waals surface area contributed by atoms with E-state index in [-0.39, 0.29) is 48.5 Å². The van der Waals surface area contributed by atoms with Crippen LogP contribution in [0.25, 0.3) is 0 Å². The number of hydrogen-bond donors (Lipinski definition) is 2. The fourth-order valence-corrected chi connectivity index (χ4v) is 4.98. The molecule has 37 heavy (non-hydrogen) atoms. The lowest BCUT2D eigenvalue weighted by molar-refractivity contribution is -0.151. The number of rotatable bonds is 9. The average molecular weight is 521 g/mol. The number of esters is 2. The fourth-order valence-electron chi connectivity index (χ4n) is 4.98. The molecule has 0 aromatic heterocycles. The molecular weight excluding hydrogens is 472 g/mol. The molecule has 0 saturated carbocycles. The van der Waals surface area contributed by atoms with Crippen LogP contribution in [0.15, 0.2) is 36.0 Å². The van der Waals surface area contributed by atoms with Crippen molar-refractivity contribution < 1.29 is 34.0 Å². The summed E-state index contributed by atoms with van der Waals surface area (Å²) in [5.74, 6) is -0.477. The van der Waals surface area contributed by atoms with Crippen molar-refractivity contribution in [2.75, 3.05) is 0 Å². The van der Waals surface area contributed by atoms with Gasteiger partial charge in [0.1, 0.15) is 12.2 Å². The second kappa shape index (κ2) is 14.8. The van der Waals surface area contributed by atoms with Crippen molar-refractivity contribution in [2.45, 2.75) is 117 Å². The zero-order chi connectivity index (χ0) is 27.7. The summed E-state index contributed by atoms with van der Waals surface area (Å²) in [5.41, 5.74) is 0.887. The molecule has 10 unspecified atom stereocenters. The number of cyclic esters (lactones) is 1. The monoisotopic (exact) mass is 520 g/mol. The lowest BCUT2D eigenvalue weighted by Gasteiger charge is -2.27. The average Bonchev–Trinajstić information content (AvgIpc) is 3.60. The Kier molecular flexibility index (Phi) is 12.5. The molecule has 0 radical (unpaired) electrons. The molecule has 0 spiro atoms. The first-order valence-electron chi connectivity index (χ1n) is 13.8. The van der Waals surface area contributed by atoms with Gasteiger partial charge in [0.15, 0.2) is 0 Å². The molecule has 2 N–H and O–H groups in total. The van der Waals surface area contributed by atoms with Crippen molar-refractivity contribution in [1.82, 2.24) is 0 Å². The summed E-state index contributed by atoms with van der Waals surface area (Å²) < 4.78 is 17.1. The van der Waals surface area contributed by atoms with Crippen molar-refractivity contribution in [3.8, 4) is 0 Å². The van der Waals surface area contributed by atoms with Crippen LogP contribution in [0.5, 0.6) is 0 Å². The summed E-state index contributed by atoms with van der Waals surface area (Å²) >= 11 is 0. The Bertz CT molecular complexity index is 832. The molecule has 0 amide bonds. The lowest BCUT2D eigenvalue weighted by Crippen LogP contribution is -2.30. The van der Waals surface area contributed by atoms with Crippen LogP contribution in [0.1, 0.15) is 80.6 Å². The molecule has 0 aromatic carbocycles. The summed E-state index contributed by atoms with van der Waals surface area (Å²) in [6.45, 7) is 13.4. The van der Waals surface area contributed by atoms with E-state index in [1.54, 1.807) is 0 Å². The summed E-state index contributed by atoms with van der Waals surface area (Å²) in [6.07, 6.45) is 10.8.